The molecule has 0 aromatic heterocycles. The molecule has 6 N–H and O–H groups in total. The van der Waals surface area contributed by atoms with Gasteiger partial charge >= 0.3 is 0 Å². The average Bonchev–Trinajstić information content (AvgIpc) is 2.78. The molecule has 3 aliphatic rings. The van der Waals surface area contributed by atoms with Crippen LogP contribution in [-0.2, 0) is 0 Å². The van der Waals surface area contributed by atoms with Gasteiger partial charge in [-0.15, -0.1) is 0 Å². The fourth-order valence-corrected chi connectivity index (χ4v) is 4.58. The summed E-state index contributed by atoms with van der Waals surface area (Å²) >= 11 is 0. The molecule has 1 saturated heterocycles. The maximum absolute atomic E-state index is 10.4. The van der Waals surface area contributed by atoms with Crippen molar-refractivity contribution >= 4 is 0 Å². The average molecular weight is 511 g/mol. The van der Waals surface area contributed by atoms with Crippen LogP contribution in [0.15, 0.2) is 48.9 Å². The summed E-state index contributed by atoms with van der Waals surface area (Å²) in [6.07, 6.45) is 14.1. The molecule has 3 aliphatic heterocycles. The lowest BCUT2D eigenvalue weighted by Gasteiger charge is -2.41. The summed E-state index contributed by atoms with van der Waals surface area (Å²) in [5.41, 5.74) is 0. The first-order valence-corrected chi connectivity index (χ1v) is 12.4. The predicted molar refractivity (Wildman–Crippen MR) is 133 cm³/mol. The SMILES string of the molecule is CC(O)(O)N1CCN(C[C@H]2C=CC=CN2O)CCN(C(C)(O)O)CCN(C[C@@H]2C=CC=CN2O)CC1. The fraction of sp³-hybridized carbons (Fsp3) is 0.667. The maximum atomic E-state index is 10.4. The second kappa shape index (κ2) is 12.6. The van der Waals surface area contributed by atoms with E-state index in [9.17, 15) is 30.8 Å². The normalized spacial score (nSPS) is 26.9. The van der Waals surface area contributed by atoms with Gasteiger partial charge in [0.15, 0.2) is 0 Å². The van der Waals surface area contributed by atoms with Crippen molar-refractivity contribution in [3.8, 4) is 0 Å². The van der Waals surface area contributed by atoms with E-state index in [1.54, 1.807) is 34.4 Å². The standard InChI is InChI=1S/C24H42N6O6/c1-23(31,32)27-15-11-25(19-21-7-3-5-9-29(21)35)13-17-28(24(2,33)34)18-14-26(12-16-27)20-22-8-4-6-10-30(22)36/h3-10,21-22,31-36H,11-20H2,1-2H3/t21-,22+. The van der Waals surface area contributed by atoms with Crippen LogP contribution in [0.4, 0.5) is 0 Å². The van der Waals surface area contributed by atoms with Crippen molar-refractivity contribution in [1.29, 1.82) is 0 Å². The molecule has 1 fully saturated rings. The molecule has 0 aliphatic carbocycles. The molecule has 204 valence electrons. The molecular formula is C24H42N6O6. The summed E-state index contributed by atoms with van der Waals surface area (Å²) in [7, 11) is 0. The van der Waals surface area contributed by atoms with Crippen molar-refractivity contribution < 1.29 is 30.8 Å². The first-order valence-electron chi connectivity index (χ1n) is 12.4. The van der Waals surface area contributed by atoms with Crippen LogP contribution in [0.2, 0.25) is 0 Å². The topological polar surface area (TPSA) is 141 Å². The highest BCUT2D eigenvalue weighted by atomic mass is 16.5. The van der Waals surface area contributed by atoms with Crippen molar-refractivity contribution in [2.75, 3.05) is 65.4 Å². The zero-order valence-corrected chi connectivity index (χ0v) is 21.2. The number of allylic oxidation sites excluding steroid dienone is 4. The molecule has 0 unspecified atom stereocenters. The highest BCUT2D eigenvalue weighted by Gasteiger charge is 2.31. The van der Waals surface area contributed by atoms with E-state index in [2.05, 4.69) is 9.80 Å². The van der Waals surface area contributed by atoms with Gasteiger partial charge in [-0.3, -0.25) is 40.1 Å². The molecular weight excluding hydrogens is 468 g/mol. The Kier molecular flexibility index (Phi) is 10.1. The Hall–Kier alpha value is -1.84. The number of rotatable bonds is 6. The second-order valence-corrected chi connectivity index (χ2v) is 9.86. The van der Waals surface area contributed by atoms with Crippen LogP contribution >= 0.6 is 0 Å². The van der Waals surface area contributed by atoms with Crippen molar-refractivity contribution in [1.82, 2.24) is 29.7 Å². The third-order valence-corrected chi connectivity index (χ3v) is 6.88. The summed E-state index contributed by atoms with van der Waals surface area (Å²) in [5.74, 6) is -4.04. The lowest BCUT2D eigenvalue weighted by Crippen LogP contribution is -2.57. The van der Waals surface area contributed by atoms with Crippen molar-refractivity contribution in [3.63, 3.8) is 0 Å². The fourth-order valence-electron chi connectivity index (χ4n) is 4.58. The number of aliphatic hydroxyl groups is 4. The molecule has 12 nitrogen and oxygen atoms in total. The van der Waals surface area contributed by atoms with E-state index in [1.807, 2.05) is 24.3 Å². The van der Waals surface area contributed by atoms with Crippen LogP contribution < -0.4 is 0 Å². The molecule has 12 heteroatoms. The zero-order valence-electron chi connectivity index (χ0n) is 21.2. The lowest BCUT2D eigenvalue weighted by atomic mass is 10.2. The third-order valence-electron chi connectivity index (χ3n) is 6.88. The quantitative estimate of drug-likeness (QED) is 0.239. The highest BCUT2D eigenvalue weighted by Crippen LogP contribution is 2.15. The van der Waals surface area contributed by atoms with E-state index >= 15 is 0 Å². The summed E-state index contributed by atoms with van der Waals surface area (Å²) in [6, 6.07) is -0.549. The van der Waals surface area contributed by atoms with Crippen molar-refractivity contribution in [2.24, 2.45) is 0 Å². The number of nitrogens with zero attached hydrogens (tertiary/aromatic N) is 6. The minimum Gasteiger partial charge on any atom is -0.353 e. The van der Waals surface area contributed by atoms with E-state index in [0.717, 1.165) is 10.1 Å². The van der Waals surface area contributed by atoms with Gasteiger partial charge in [0, 0.05) is 91.7 Å². The molecule has 2 atom stereocenters. The molecule has 0 amide bonds. The minimum atomic E-state index is -2.02. The molecule has 0 spiro atoms. The Bertz CT molecular complexity index is 726. The van der Waals surface area contributed by atoms with E-state index < -0.39 is 11.8 Å². The lowest BCUT2D eigenvalue weighted by molar-refractivity contribution is -0.256. The van der Waals surface area contributed by atoms with Crippen LogP contribution in [0, 0.1) is 0 Å². The van der Waals surface area contributed by atoms with Crippen LogP contribution in [0.3, 0.4) is 0 Å². The summed E-state index contributed by atoms with van der Waals surface area (Å²) in [5, 5.41) is 64.4. The molecule has 3 heterocycles. The molecule has 3 rings (SSSR count). The predicted octanol–water partition coefficient (Wildman–Crippen LogP) is -1.19. The first kappa shape index (κ1) is 28.7. The maximum Gasteiger partial charge on any atom is 0.222 e. The summed E-state index contributed by atoms with van der Waals surface area (Å²) in [4.78, 5) is 7.32. The summed E-state index contributed by atoms with van der Waals surface area (Å²) < 4.78 is 0. The van der Waals surface area contributed by atoms with E-state index in [1.165, 1.54) is 13.8 Å². The largest absolute Gasteiger partial charge is 0.353 e. The highest BCUT2D eigenvalue weighted by molar-refractivity contribution is 5.12. The van der Waals surface area contributed by atoms with Crippen molar-refractivity contribution in [2.45, 2.75) is 37.8 Å². The van der Waals surface area contributed by atoms with Gasteiger partial charge in [-0.05, 0) is 12.2 Å². The van der Waals surface area contributed by atoms with Gasteiger partial charge in [0.05, 0.1) is 12.1 Å². The number of hydrogen-bond donors (Lipinski definition) is 6. The Morgan fingerprint density at radius 3 is 1.19 bits per heavy atom. The number of hydroxylamine groups is 4. The van der Waals surface area contributed by atoms with E-state index in [0.29, 0.717) is 65.4 Å². The van der Waals surface area contributed by atoms with Crippen molar-refractivity contribution in [3.05, 3.63) is 48.9 Å². The molecule has 0 aromatic rings. The zero-order chi connectivity index (χ0) is 26.3. The summed E-state index contributed by atoms with van der Waals surface area (Å²) in [6.45, 7) is 6.92. The van der Waals surface area contributed by atoms with Gasteiger partial charge in [0.25, 0.3) is 0 Å². The monoisotopic (exact) mass is 510 g/mol. The van der Waals surface area contributed by atoms with Crippen LogP contribution in [-0.4, -0.2) is 150 Å². The third kappa shape index (κ3) is 8.63. The van der Waals surface area contributed by atoms with Gasteiger partial charge in [0.1, 0.15) is 0 Å². The first-order chi connectivity index (χ1) is 16.9. The molecule has 0 saturated carbocycles. The molecule has 0 radical (unpaired) electrons. The van der Waals surface area contributed by atoms with Gasteiger partial charge < -0.3 is 20.4 Å². The van der Waals surface area contributed by atoms with E-state index in [4.69, 9.17) is 0 Å². The number of hydrogen-bond acceptors (Lipinski definition) is 12. The van der Waals surface area contributed by atoms with Gasteiger partial charge in [-0.1, -0.05) is 24.3 Å². The molecule has 0 aromatic carbocycles. The Balaban J connectivity index is 1.76. The van der Waals surface area contributed by atoms with Gasteiger partial charge in [-0.2, -0.15) is 0 Å². The van der Waals surface area contributed by atoms with Crippen LogP contribution in [0.5, 0.6) is 0 Å². The Morgan fingerprint density at radius 1 is 0.583 bits per heavy atom. The van der Waals surface area contributed by atoms with Crippen LogP contribution in [0.25, 0.3) is 0 Å². The Morgan fingerprint density at radius 2 is 0.917 bits per heavy atom. The second-order valence-electron chi connectivity index (χ2n) is 9.86. The Labute approximate surface area is 213 Å². The minimum absolute atomic E-state index is 0.274. The molecule has 36 heavy (non-hydrogen) atoms. The van der Waals surface area contributed by atoms with Gasteiger partial charge in [-0.25, -0.2) is 0 Å². The van der Waals surface area contributed by atoms with E-state index in [-0.39, 0.29) is 12.1 Å². The van der Waals surface area contributed by atoms with Crippen LogP contribution in [0.1, 0.15) is 13.8 Å². The van der Waals surface area contributed by atoms with Gasteiger partial charge in [0.2, 0.25) is 11.8 Å². The smallest absolute Gasteiger partial charge is 0.222 e. The molecule has 0 bridgehead atoms.